The molecule has 1 saturated heterocycles. The smallest absolute Gasteiger partial charge is 0.0366 e. The molecule has 0 aliphatic carbocycles. The summed E-state index contributed by atoms with van der Waals surface area (Å²) in [6.07, 6.45) is 5.01. The van der Waals surface area contributed by atoms with E-state index >= 15 is 0 Å². The molecule has 1 aliphatic heterocycles. The summed E-state index contributed by atoms with van der Waals surface area (Å²) in [4.78, 5) is 2.53. The molecule has 0 aromatic heterocycles. The summed E-state index contributed by atoms with van der Waals surface area (Å²) < 4.78 is 0. The average Bonchev–Trinajstić information content (AvgIpc) is 2.49. The zero-order valence-electron chi connectivity index (χ0n) is 13.4. The highest BCUT2D eigenvalue weighted by Gasteiger charge is 2.16. The van der Waals surface area contributed by atoms with E-state index in [1.807, 2.05) is 0 Å². The van der Waals surface area contributed by atoms with Crippen molar-refractivity contribution in [1.29, 1.82) is 0 Å². The third-order valence-corrected chi connectivity index (χ3v) is 4.49. The first-order chi connectivity index (χ1) is 9.74. The number of hydrogen-bond donors (Lipinski definition) is 1. The molecule has 1 N–H and O–H groups in total. The van der Waals surface area contributed by atoms with Gasteiger partial charge < -0.3 is 10.2 Å². The van der Waals surface area contributed by atoms with Crippen molar-refractivity contribution >= 4 is 5.69 Å². The van der Waals surface area contributed by atoms with Crippen molar-refractivity contribution in [3.8, 4) is 0 Å². The van der Waals surface area contributed by atoms with Crippen LogP contribution < -0.4 is 10.2 Å². The third-order valence-electron chi connectivity index (χ3n) is 4.49. The van der Waals surface area contributed by atoms with Gasteiger partial charge in [-0.25, -0.2) is 0 Å². The standard InChI is InChI=1S/C18H30N2/c1-4-12-19-18(5-2)16-6-8-17(9-7-16)20-13-10-15(3)11-14-20/h6-9,15,18-19H,4-5,10-14H2,1-3H3. The highest BCUT2D eigenvalue weighted by Crippen LogP contribution is 2.25. The lowest BCUT2D eigenvalue weighted by Gasteiger charge is -2.32. The van der Waals surface area contributed by atoms with E-state index in [9.17, 15) is 0 Å². The Kier molecular flexibility index (Phi) is 5.90. The van der Waals surface area contributed by atoms with Crippen LogP contribution in [0.1, 0.15) is 58.1 Å². The topological polar surface area (TPSA) is 15.3 Å². The van der Waals surface area contributed by atoms with Crippen molar-refractivity contribution in [1.82, 2.24) is 5.32 Å². The molecule has 1 atom stereocenters. The van der Waals surface area contributed by atoms with Crippen molar-refractivity contribution in [2.45, 2.75) is 52.5 Å². The summed E-state index contributed by atoms with van der Waals surface area (Å²) >= 11 is 0. The first-order valence-electron chi connectivity index (χ1n) is 8.32. The lowest BCUT2D eigenvalue weighted by Crippen LogP contribution is -2.32. The Morgan fingerprint density at radius 1 is 1.15 bits per heavy atom. The van der Waals surface area contributed by atoms with Crippen molar-refractivity contribution < 1.29 is 0 Å². The van der Waals surface area contributed by atoms with Gasteiger partial charge >= 0.3 is 0 Å². The van der Waals surface area contributed by atoms with E-state index < -0.39 is 0 Å². The SMILES string of the molecule is CCCNC(CC)c1ccc(N2CCC(C)CC2)cc1. The number of piperidine rings is 1. The van der Waals surface area contributed by atoms with Crippen LogP contribution in [-0.4, -0.2) is 19.6 Å². The summed E-state index contributed by atoms with van der Waals surface area (Å²) in [5, 5.41) is 3.63. The molecule has 0 amide bonds. The van der Waals surface area contributed by atoms with Gasteiger partial charge in [-0.3, -0.25) is 0 Å². The first kappa shape index (κ1) is 15.4. The minimum Gasteiger partial charge on any atom is -0.372 e. The molecule has 2 nitrogen and oxygen atoms in total. The Labute approximate surface area is 124 Å². The second kappa shape index (κ2) is 7.68. The van der Waals surface area contributed by atoms with Crippen molar-refractivity contribution in [2.24, 2.45) is 5.92 Å². The lowest BCUT2D eigenvalue weighted by atomic mass is 9.98. The van der Waals surface area contributed by atoms with E-state index in [0.717, 1.165) is 18.9 Å². The molecule has 1 unspecified atom stereocenters. The Morgan fingerprint density at radius 2 is 1.80 bits per heavy atom. The second-order valence-electron chi connectivity index (χ2n) is 6.18. The molecule has 0 bridgehead atoms. The average molecular weight is 274 g/mol. The van der Waals surface area contributed by atoms with Crippen LogP contribution in [0, 0.1) is 5.92 Å². The molecule has 1 heterocycles. The molecule has 1 aromatic carbocycles. The zero-order chi connectivity index (χ0) is 14.4. The molecule has 1 fully saturated rings. The van der Waals surface area contributed by atoms with E-state index in [-0.39, 0.29) is 0 Å². The van der Waals surface area contributed by atoms with Gasteiger partial charge in [0.15, 0.2) is 0 Å². The van der Waals surface area contributed by atoms with Crippen LogP contribution in [0.25, 0.3) is 0 Å². The fourth-order valence-corrected chi connectivity index (χ4v) is 3.00. The van der Waals surface area contributed by atoms with E-state index in [4.69, 9.17) is 0 Å². The molecule has 2 rings (SSSR count). The van der Waals surface area contributed by atoms with Gasteiger partial charge in [0.25, 0.3) is 0 Å². The van der Waals surface area contributed by atoms with E-state index in [1.165, 1.54) is 43.6 Å². The van der Waals surface area contributed by atoms with Gasteiger partial charge in [0.05, 0.1) is 0 Å². The Hall–Kier alpha value is -1.02. The molecule has 0 radical (unpaired) electrons. The largest absolute Gasteiger partial charge is 0.372 e. The summed E-state index contributed by atoms with van der Waals surface area (Å²) in [6.45, 7) is 10.4. The molecule has 1 aliphatic rings. The van der Waals surface area contributed by atoms with Gasteiger partial charge in [-0.2, -0.15) is 0 Å². The summed E-state index contributed by atoms with van der Waals surface area (Å²) in [7, 11) is 0. The Balaban J connectivity index is 1.98. The molecule has 112 valence electrons. The predicted molar refractivity (Wildman–Crippen MR) is 88.4 cm³/mol. The summed E-state index contributed by atoms with van der Waals surface area (Å²) in [5.41, 5.74) is 2.82. The maximum atomic E-state index is 3.63. The fraction of sp³-hybridized carbons (Fsp3) is 0.667. The molecule has 0 spiro atoms. The number of anilines is 1. The van der Waals surface area contributed by atoms with Gasteiger partial charge in [0, 0.05) is 24.8 Å². The van der Waals surface area contributed by atoms with Crippen LogP contribution in [0.3, 0.4) is 0 Å². The Bertz CT molecular complexity index is 353. The van der Waals surface area contributed by atoms with Crippen molar-refractivity contribution in [3.63, 3.8) is 0 Å². The molecule has 20 heavy (non-hydrogen) atoms. The third kappa shape index (κ3) is 3.99. The Morgan fingerprint density at radius 3 is 2.35 bits per heavy atom. The van der Waals surface area contributed by atoms with Gasteiger partial charge in [0.1, 0.15) is 0 Å². The number of benzene rings is 1. The molecule has 2 heteroatoms. The van der Waals surface area contributed by atoms with Crippen molar-refractivity contribution in [2.75, 3.05) is 24.5 Å². The quantitative estimate of drug-likeness (QED) is 0.828. The number of nitrogens with zero attached hydrogens (tertiary/aromatic N) is 1. The maximum Gasteiger partial charge on any atom is 0.0366 e. The monoisotopic (exact) mass is 274 g/mol. The van der Waals surface area contributed by atoms with Gasteiger partial charge in [-0.05, 0) is 55.8 Å². The fourth-order valence-electron chi connectivity index (χ4n) is 3.00. The summed E-state index contributed by atoms with van der Waals surface area (Å²) in [6, 6.07) is 9.74. The van der Waals surface area contributed by atoms with Crippen LogP contribution in [0.4, 0.5) is 5.69 Å². The second-order valence-corrected chi connectivity index (χ2v) is 6.18. The number of nitrogens with one attached hydrogen (secondary N) is 1. The summed E-state index contributed by atoms with van der Waals surface area (Å²) in [5.74, 6) is 0.897. The highest BCUT2D eigenvalue weighted by molar-refractivity contribution is 5.48. The van der Waals surface area contributed by atoms with E-state index in [0.29, 0.717) is 6.04 Å². The lowest BCUT2D eigenvalue weighted by molar-refractivity contribution is 0.438. The zero-order valence-corrected chi connectivity index (χ0v) is 13.4. The number of rotatable bonds is 6. The molecule has 1 aromatic rings. The van der Waals surface area contributed by atoms with Crippen LogP contribution in [0.5, 0.6) is 0 Å². The maximum absolute atomic E-state index is 3.63. The minimum absolute atomic E-state index is 0.505. The normalized spacial score (nSPS) is 18.2. The van der Waals surface area contributed by atoms with Crippen LogP contribution in [-0.2, 0) is 0 Å². The van der Waals surface area contributed by atoms with Crippen molar-refractivity contribution in [3.05, 3.63) is 29.8 Å². The van der Waals surface area contributed by atoms with Crippen LogP contribution in [0.15, 0.2) is 24.3 Å². The van der Waals surface area contributed by atoms with E-state index in [1.54, 1.807) is 0 Å². The molecule has 0 saturated carbocycles. The highest BCUT2D eigenvalue weighted by atomic mass is 15.1. The molecular weight excluding hydrogens is 244 g/mol. The predicted octanol–water partition coefficient (Wildman–Crippen LogP) is 4.37. The first-order valence-corrected chi connectivity index (χ1v) is 8.32. The molecular formula is C18H30N2. The van der Waals surface area contributed by atoms with E-state index in [2.05, 4.69) is 55.3 Å². The number of hydrogen-bond acceptors (Lipinski definition) is 2. The van der Waals surface area contributed by atoms with Crippen LogP contribution >= 0.6 is 0 Å². The van der Waals surface area contributed by atoms with Gasteiger partial charge in [-0.15, -0.1) is 0 Å². The van der Waals surface area contributed by atoms with Gasteiger partial charge in [-0.1, -0.05) is 32.9 Å². The minimum atomic E-state index is 0.505. The van der Waals surface area contributed by atoms with Gasteiger partial charge in [0.2, 0.25) is 0 Å². The van der Waals surface area contributed by atoms with Crippen LogP contribution in [0.2, 0.25) is 0 Å².